The molecule has 2 amide bonds. The lowest BCUT2D eigenvalue weighted by atomic mass is 10.1. The molecule has 0 radical (unpaired) electrons. The molecule has 0 aliphatic carbocycles. The van der Waals surface area contributed by atoms with Gasteiger partial charge in [0.25, 0.3) is 11.8 Å². The Kier molecular flexibility index (Phi) is 5.72. The number of para-hydroxylation sites is 2. The van der Waals surface area contributed by atoms with Crippen LogP contribution in [0.15, 0.2) is 48.5 Å². The second kappa shape index (κ2) is 8.44. The van der Waals surface area contributed by atoms with E-state index >= 15 is 0 Å². The van der Waals surface area contributed by atoms with E-state index in [9.17, 15) is 14.0 Å². The number of ether oxygens (including phenoxy) is 1. The van der Waals surface area contributed by atoms with Gasteiger partial charge in [0.05, 0.1) is 17.1 Å². The molecule has 7 heteroatoms. The normalized spacial score (nSPS) is 15.7. The number of nitrogens with zero attached hydrogens (tertiary/aromatic N) is 1. The molecule has 1 unspecified atom stereocenters. The Balaban J connectivity index is 1.66. The van der Waals surface area contributed by atoms with E-state index in [0.29, 0.717) is 26.4 Å². The third-order valence-corrected chi connectivity index (χ3v) is 6.45. The molecule has 0 saturated heterocycles. The molecule has 3 aromatic rings. The van der Waals surface area contributed by atoms with Crippen molar-refractivity contribution in [1.82, 2.24) is 5.32 Å². The van der Waals surface area contributed by atoms with E-state index in [4.69, 9.17) is 4.74 Å². The Morgan fingerprint density at radius 2 is 1.97 bits per heavy atom. The molecular formula is C23H23FN2O3S. The fraction of sp³-hybridized carbons (Fsp3) is 0.304. The van der Waals surface area contributed by atoms with Crippen molar-refractivity contribution < 1.29 is 18.7 Å². The predicted octanol–water partition coefficient (Wildman–Crippen LogP) is 4.75. The molecule has 2 aromatic carbocycles. The maximum absolute atomic E-state index is 14.1. The SMILES string of the molecule is CCC(CC)NC(=O)C1CN(C(=O)c2cc3c(F)cccc3s2)c2ccccc2O1. The first kappa shape index (κ1) is 20.3. The first-order valence-electron chi connectivity index (χ1n) is 10.1. The van der Waals surface area contributed by atoms with Gasteiger partial charge in [-0.15, -0.1) is 11.3 Å². The van der Waals surface area contributed by atoms with Crippen molar-refractivity contribution in [2.24, 2.45) is 0 Å². The summed E-state index contributed by atoms with van der Waals surface area (Å²) in [5.41, 5.74) is 0.604. The Morgan fingerprint density at radius 3 is 2.70 bits per heavy atom. The van der Waals surface area contributed by atoms with Crippen LogP contribution in [0.2, 0.25) is 0 Å². The average molecular weight is 427 g/mol. The third kappa shape index (κ3) is 3.77. The molecule has 1 N–H and O–H groups in total. The van der Waals surface area contributed by atoms with Gasteiger partial charge in [0.15, 0.2) is 6.10 Å². The van der Waals surface area contributed by atoms with E-state index in [1.165, 1.54) is 17.4 Å². The molecule has 2 heterocycles. The van der Waals surface area contributed by atoms with Crippen LogP contribution >= 0.6 is 11.3 Å². The van der Waals surface area contributed by atoms with Crippen LogP contribution in [0.1, 0.15) is 36.4 Å². The third-order valence-electron chi connectivity index (χ3n) is 5.36. The number of rotatable bonds is 5. The van der Waals surface area contributed by atoms with Crippen LogP contribution in [0.5, 0.6) is 5.75 Å². The Morgan fingerprint density at radius 1 is 1.20 bits per heavy atom. The number of benzene rings is 2. The van der Waals surface area contributed by atoms with Crippen LogP contribution in [-0.2, 0) is 4.79 Å². The van der Waals surface area contributed by atoms with Gasteiger partial charge in [-0.3, -0.25) is 14.5 Å². The molecule has 1 aliphatic rings. The Labute approximate surface area is 178 Å². The summed E-state index contributed by atoms with van der Waals surface area (Å²) in [5.74, 6) is -0.383. The largest absolute Gasteiger partial charge is 0.477 e. The number of carbonyl (C=O) groups is 2. The summed E-state index contributed by atoms with van der Waals surface area (Å²) in [6, 6.07) is 13.6. The van der Waals surface area contributed by atoms with E-state index in [1.807, 2.05) is 19.9 Å². The zero-order chi connectivity index (χ0) is 21.3. The van der Waals surface area contributed by atoms with E-state index in [-0.39, 0.29) is 30.2 Å². The molecule has 30 heavy (non-hydrogen) atoms. The number of hydrogen-bond donors (Lipinski definition) is 1. The van der Waals surface area contributed by atoms with Gasteiger partial charge in [0, 0.05) is 16.1 Å². The number of amides is 2. The lowest BCUT2D eigenvalue weighted by molar-refractivity contribution is -0.128. The van der Waals surface area contributed by atoms with Gasteiger partial charge >= 0.3 is 0 Å². The lowest BCUT2D eigenvalue weighted by Crippen LogP contribution is -2.52. The number of hydrogen-bond acceptors (Lipinski definition) is 4. The summed E-state index contributed by atoms with van der Waals surface area (Å²) in [7, 11) is 0. The summed E-state index contributed by atoms with van der Waals surface area (Å²) in [6.07, 6.45) is 0.832. The molecule has 4 rings (SSSR count). The first-order valence-corrected chi connectivity index (χ1v) is 10.9. The molecule has 1 aliphatic heterocycles. The highest BCUT2D eigenvalue weighted by Crippen LogP contribution is 2.36. The van der Waals surface area contributed by atoms with Crippen molar-refractivity contribution in [3.63, 3.8) is 0 Å². The van der Waals surface area contributed by atoms with E-state index in [0.717, 1.165) is 12.8 Å². The molecule has 1 aromatic heterocycles. The van der Waals surface area contributed by atoms with Crippen molar-refractivity contribution in [1.29, 1.82) is 0 Å². The van der Waals surface area contributed by atoms with Crippen LogP contribution in [0.4, 0.5) is 10.1 Å². The van der Waals surface area contributed by atoms with Crippen LogP contribution in [0.3, 0.4) is 0 Å². The number of anilines is 1. The van der Waals surface area contributed by atoms with Crippen molar-refractivity contribution in [2.75, 3.05) is 11.4 Å². The van der Waals surface area contributed by atoms with Gasteiger partial charge in [0.1, 0.15) is 11.6 Å². The van der Waals surface area contributed by atoms with Crippen LogP contribution in [-0.4, -0.2) is 30.5 Å². The van der Waals surface area contributed by atoms with Crippen LogP contribution in [0.25, 0.3) is 10.1 Å². The summed E-state index contributed by atoms with van der Waals surface area (Å²) < 4.78 is 20.7. The maximum Gasteiger partial charge on any atom is 0.268 e. The van der Waals surface area contributed by atoms with Crippen molar-refractivity contribution in [3.05, 3.63) is 59.2 Å². The standard InChI is InChI=1S/C23H23FN2O3S/c1-3-14(4-2)25-22(27)19-13-26(17-9-5-6-10-18(17)29-19)23(28)21-12-15-16(24)8-7-11-20(15)30-21/h5-12,14,19H,3-4,13H2,1-2H3,(H,25,27). The predicted molar refractivity (Wildman–Crippen MR) is 117 cm³/mol. The maximum atomic E-state index is 14.1. The van der Waals surface area contributed by atoms with E-state index in [2.05, 4.69) is 5.32 Å². The molecular weight excluding hydrogens is 403 g/mol. The summed E-state index contributed by atoms with van der Waals surface area (Å²) in [4.78, 5) is 28.2. The van der Waals surface area contributed by atoms with Gasteiger partial charge in [-0.2, -0.15) is 0 Å². The summed E-state index contributed by atoms with van der Waals surface area (Å²) in [5, 5.41) is 3.42. The second-order valence-corrected chi connectivity index (χ2v) is 8.36. The monoisotopic (exact) mass is 426 g/mol. The second-order valence-electron chi connectivity index (χ2n) is 7.27. The molecule has 0 spiro atoms. The Hall–Kier alpha value is -2.93. The highest BCUT2D eigenvalue weighted by molar-refractivity contribution is 7.20. The molecule has 5 nitrogen and oxygen atoms in total. The van der Waals surface area contributed by atoms with Crippen molar-refractivity contribution in [3.8, 4) is 5.75 Å². The highest BCUT2D eigenvalue weighted by atomic mass is 32.1. The van der Waals surface area contributed by atoms with Gasteiger partial charge in [-0.05, 0) is 43.2 Å². The fourth-order valence-corrected chi connectivity index (χ4v) is 4.64. The quantitative estimate of drug-likeness (QED) is 0.640. The highest BCUT2D eigenvalue weighted by Gasteiger charge is 2.35. The minimum Gasteiger partial charge on any atom is -0.477 e. The van der Waals surface area contributed by atoms with E-state index in [1.54, 1.807) is 41.3 Å². The van der Waals surface area contributed by atoms with E-state index < -0.39 is 6.10 Å². The zero-order valence-electron chi connectivity index (χ0n) is 16.9. The first-order chi connectivity index (χ1) is 14.5. The van der Waals surface area contributed by atoms with Crippen LogP contribution in [0, 0.1) is 5.82 Å². The average Bonchev–Trinajstić information content (AvgIpc) is 3.22. The number of fused-ring (bicyclic) bond motifs is 2. The smallest absolute Gasteiger partial charge is 0.268 e. The lowest BCUT2D eigenvalue weighted by Gasteiger charge is -2.34. The topological polar surface area (TPSA) is 58.6 Å². The number of halogens is 1. The fourth-order valence-electron chi connectivity index (χ4n) is 3.61. The number of nitrogens with one attached hydrogen (secondary N) is 1. The van der Waals surface area contributed by atoms with Gasteiger partial charge in [0.2, 0.25) is 0 Å². The molecule has 0 fully saturated rings. The van der Waals surface area contributed by atoms with Gasteiger partial charge in [-0.25, -0.2) is 4.39 Å². The zero-order valence-corrected chi connectivity index (χ0v) is 17.7. The van der Waals surface area contributed by atoms with Crippen molar-refractivity contribution in [2.45, 2.75) is 38.8 Å². The summed E-state index contributed by atoms with van der Waals surface area (Å²) >= 11 is 1.24. The number of carbonyl (C=O) groups excluding carboxylic acids is 2. The Bertz CT molecular complexity index is 1090. The molecule has 0 saturated carbocycles. The number of thiophene rings is 1. The van der Waals surface area contributed by atoms with Gasteiger partial charge in [-0.1, -0.05) is 32.0 Å². The minimum absolute atomic E-state index is 0.0630. The van der Waals surface area contributed by atoms with Crippen LogP contribution < -0.4 is 15.0 Å². The minimum atomic E-state index is -0.810. The summed E-state index contributed by atoms with van der Waals surface area (Å²) in [6.45, 7) is 4.13. The van der Waals surface area contributed by atoms with Gasteiger partial charge < -0.3 is 10.1 Å². The molecule has 156 valence electrons. The molecule has 0 bridgehead atoms. The molecule has 1 atom stereocenters. The van der Waals surface area contributed by atoms with Crippen molar-refractivity contribution >= 4 is 38.9 Å².